The Labute approximate surface area is 124 Å². The lowest BCUT2D eigenvalue weighted by Gasteiger charge is -2.17. The second-order valence-electron chi connectivity index (χ2n) is 5.32. The molecule has 2 aromatic rings. The Balaban J connectivity index is 3.11. The second-order valence-corrected chi connectivity index (χ2v) is 5.32. The van der Waals surface area contributed by atoms with Gasteiger partial charge in [0, 0.05) is 23.9 Å². The van der Waals surface area contributed by atoms with Gasteiger partial charge in [0.05, 0.1) is 12.7 Å². The van der Waals surface area contributed by atoms with Gasteiger partial charge in [-0.05, 0) is 49.9 Å². The third-order valence-electron chi connectivity index (χ3n) is 4.26. The van der Waals surface area contributed by atoms with Crippen molar-refractivity contribution >= 4 is 22.5 Å². The quantitative estimate of drug-likeness (QED) is 0.626. The van der Waals surface area contributed by atoms with Crippen LogP contribution in [0.3, 0.4) is 0 Å². The van der Waals surface area contributed by atoms with E-state index in [1.54, 1.807) is 0 Å². The zero-order valence-electron chi connectivity index (χ0n) is 13.2. The third-order valence-corrected chi connectivity index (χ3v) is 4.26. The maximum atomic E-state index is 12.0. The minimum absolute atomic E-state index is 0.109. The topological polar surface area (TPSA) is 56.3 Å². The highest BCUT2D eigenvalue weighted by molar-refractivity contribution is 6.14. The summed E-state index contributed by atoms with van der Waals surface area (Å²) in [5, 5.41) is 1.52. The van der Waals surface area contributed by atoms with E-state index in [0.29, 0.717) is 11.3 Å². The second kappa shape index (κ2) is 5.28. The molecule has 21 heavy (non-hydrogen) atoms. The number of hydrogen-bond donors (Lipinski definition) is 0. The number of pyridine rings is 1. The van der Waals surface area contributed by atoms with E-state index in [4.69, 9.17) is 4.74 Å². The van der Waals surface area contributed by atoms with E-state index < -0.39 is 5.97 Å². The van der Waals surface area contributed by atoms with Crippen LogP contribution in [-0.2, 0) is 4.74 Å². The smallest absolute Gasteiger partial charge is 0.340 e. The summed E-state index contributed by atoms with van der Waals surface area (Å²) in [6, 6.07) is 0. The Bertz CT molecular complexity index is 776. The van der Waals surface area contributed by atoms with Gasteiger partial charge in [-0.15, -0.1) is 0 Å². The molecule has 0 aliphatic rings. The number of Topliss-reactive ketones (excluding diaryl/α,β-unsaturated/α-hetero) is 1. The number of ketones is 1. The van der Waals surface area contributed by atoms with Gasteiger partial charge in [0.2, 0.25) is 0 Å². The zero-order valence-corrected chi connectivity index (χ0v) is 13.2. The van der Waals surface area contributed by atoms with Crippen molar-refractivity contribution in [2.75, 3.05) is 7.11 Å². The summed E-state index contributed by atoms with van der Waals surface area (Å²) in [7, 11) is 1.34. The summed E-state index contributed by atoms with van der Waals surface area (Å²) >= 11 is 0. The highest BCUT2D eigenvalue weighted by Crippen LogP contribution is 2.33. The number of hydrogen-bond acceptors (Lipinski definition) is 4. The normalized spacial score (nSPS) is 10.8. The maximum absolute atomic E-state index is 12.0. The molecule has 1 aromatic carbocycles. The van der Waals surface area contributed by atoms with Crippen LogP contribution in [-0.4, -0.2) is 23.8 Å². The number of aromatic nitrogens is 1. The van der Waals surface area contributed by atoms with Gasteiger partial charge in [0.15, 0.2) is 5.78 Å². The van der Waals surface area contributed by atoms with E-state index >= 15 is 0 Å². The van der Waals surface area contributed by atoms with Crippen LogP contribution < -0.4 is 0 Å². The van der Waals surface area contributed by atoms with Crippen molar-refractivity contribution in [3.63, 3.8) is 0 Å². The molecule has 0 saturated heterocycles. The largest absolute Gasteiger partial charge is 0.465 e. The van der Waals surface area contributed by atoms with Gasteiger partial charge in [-0.25, -0.2) is 4.79 Å². The number of carbonyl (C=O) groups is 2. The number of ether oxygens (including phenoxy) is 1. The van der Waals surface area contributed by atoms with Gasteiger partial charge in [-0.3, -0.25) is 9.78 Å². The van der Waals surface area contributed by atoms with Crippen LogP contribution in [0.1, 0.15) is 50.0 Å². The fourth-order valence-electron chi connectivity index (χ4n) is 2.74. The molecule has 0 aliphatic heterocycles. The number of aryl methyl sites for hydroxylation is 2. The fraction of sp³-hybridized carbons (Fsp3) is 0.353. The predicted octanol–water partition coefficient (Wildman–Crippen LogP) is 3.46. The van der Waals surface area contributed by atoms with Crippen LogP contribution >= 0.6 is 0 Å². The molecule has 2 rings (SSSR count). The molecular weight excluding hydrogens is 266 g/mol. The molecule has 1 heterocycles. The van der Waals surface area contributed by atoms with E-state index in [2.05, 4.69) is 4.98 Å². The summed E-state index contributed by atoms with van der Waals surface area (Å²) in [6.45, 7) is 9.45. The van der Waals surface area contributed by atoms with Crippen LogP contribution in [0.4, 0.5) is 0 Å². The highest BCUT2D eigenvalue weighted by atomic mass is 16.5. The molecule has 0 atom stereocenters. The lowest BCUT2D eigenvalue weighted by molar-refractivity contribution is 0.0602. The number of esters is 1. The van der Waals surface area contributed by atoms with Crippen molar-refractivity contribution < 1.29 is 14.3 Å². The maximum Gasteiger partial charge on any atom is 0.340 e. The summed E-state index contributed by atoms with van der Waals surface area (Å²) in [6.07, 6.45) is 1.44. The number of benzene rings is 1. The van der Waals surface area contributed by atoms with E-state index in [9.17, 15) is 9.59 Å². The number of fused-ring (bicyclic) bond motifs is 1. The van der Waals surface area contributed by atoms with Crippen molar-refractivity contribution in [3.05, 3.63) is 39.7 Å². The Hall–Kier alpha value is -2.23. The summed E-state index contributed by atoms with van der Waals surface area (Å²) in [5.74, 6) is -0.546. The molecule has 0 fully saturated rings. The summed E-state index contributed by atoms with van der Waals surface area (Å²) in [4.78, 5) is 28.1. The molecule has 0 N–H and O–H groups in total. The molecule has 0 amide bonds. The highest BCUT2D eigenvalue weighted by Gasteiger charge is 2.21. The predicted molar refractivity (Wildman–Crippen MR) is 82.0 cm³/mol. The molecule has 4 heteroatoms. The fourth-order valence-corrected chi connectivity index (χ4v) is 2.74. The molecule has 0 radical (unpaired) electrons. The van der Waals surface area contributed by atoms with Gasteiger partial charge >= 0.3 is 5.97 Å². The average molecular weight is 285 g/mol. The number of methoxy groups -OCH3 is 1. The molecule has 0 spiro atoms. The van der Waals surface area contributed by atoms with E-state index in [0.717, 1.165) is 33.0 Å². The SMILES string of the molecule is COC(=O)c1cnc(C(C)=O)c2c(C)c(C)c(C)c(C)c12. The Morgan fingerprint density at radius 3 is 1.95 bits per heavy atom. The van der Waals surface area contributed by atoms with Crippen molar-refractivity contribution in [1.29, 1.82) is 0 Å². The Morgan fingerprint density at radius 1 is 0.952 bits per heavy atom. The lowest BCUT2D eigenvalue weighted by atomic mass is 9.88. The molecule has 1 aromatic heterocycles. The molecular formula is C17H19NO3. The number of nitrogens with zero attached hydrogens (tertiary/aromatic N) is 1. The molecule has 0 unspecified atom stereocenters. The average Bonchev–Trinajstić information content (AvgIpc) is 2.48. The third kappa shape index (κ3) is 2.20. The van der Waals surface area contributed by atoms with E-state index in [-0.39, 0.29) is 5.78 Å². The van der Waals surface area contributed by atoms with Gasteiger partial charge < -0.3 is 4.74 Å². The van der Waals surface area contributed by atoms with Crippen LogP contribution in [0.2, 0.25) is 0 Å². The van der Waals surface area contributed by atoms with Crippen molar-refractivity contribution in [2.45, 2.75) is 34.6 Å². The lowest BCUT2D eigenvalue weighted by Crippen LogP contribution is -2.10. The molecule has 4 nitrogen and oxygen atoms in total. The minimum atomic E-state index is -0.437. The monoisotopic (exact) mass is 285 g/mol. The molecule has 0 aliphatic carbocycles. The number of carbonyl (C=O) groups excluding carboxylic acids is 2. The van der Waals surface area contributed by atoms with Crippen LogP contribution in [0.25, 0.3) is 10.8 Å². The van der Waals surface area contributed by atoms with Crippen molar-refractivity contribution in [3.8, 4) is 0 Å². The number of rotatable bonds is 2. The Kier molecular flexibility index (Phi) is 3.81. The molecule has 0 bridgehead atoms. The summed E-state index contributed by atoms with van der Waals surface area (Å²) in [5.41, 5.74) is 5.01. The van der Waals surface area contributed by atoms with Gasteiger partial charge in [0.1, 0.15) is 5.69 Å². The molecule has 110 valence electrons. The first kappa shape index (κ1) is 15.2. The Morgan fingerprint density at radius 2 is 1.48 bits per heavy atom. The van der Waals surface area contributed by atoms with Crippen LogP contribution in [0, 0.1) is 27.7 Å². The van der Waals surface area contributed by atoms with Gasteiger partial charge in [0.25, 0.3) is 0 Å². The van der Waals surface area contributed by atoms with Crippen molar-refractivity contribution in [1.82, 2.24) is 4.98 Å². The first-order valence-electron chi connectivity index (χ1n) is 6.79. The van der Waals surface area contributed by atoms with Crippen LogP contribution in [0.5, 0.6) is 0 Å². The standard InChI is InChI=1S/C17H19NO3/c1-8-9(2)11(4)15-14(10(8)3)13(17(20)21-6)7-18-16(15)12(5)19/h7H,1-6H3. The zero-order chi connectivity index (χ0) is 15.9. The molecule has 0 saturated carbocycles. The van der Waals surface area contributed by atoms with Crippen molar-refractivity contribution in [2.24, 2.45) is 0 Å². The first-order chi connectivity index (χ1) is 9.81. The van der Waals surface area contributed by atoms with Crippen LogP contribution in [0.15, 0.2) is 6.20 Å². The van der Waals surface area contributed by atoms with E-state index in [1.807, 2.05) is 27.7 Å². The van der Waals surface area contributed by atoms with Gasteiger partial charge in [-0.2, -0.15) is 0 Å². The van der Waals surface area contributed by atoms with Gasteiger partial charge in [-0.1, -0.05) is 0 Å². The summed E-state index contributed by atoms with van der Waals surface area (Å²) < 4.78 is 4.85. The minimum Gasteiger partial charge on any atom is -0.465 e. The first-order valence-corrected chi connectivity index (χ1v) is 6.79. The van der Waals surface area contributed by atoms with E-state index in [1.165, 1.54) is 20.2 Å².